The first-order chi connectivity index (χ1) is 10.4. The van der Waals surface area contributed by atoms with E-state index < -0.39 is 17.1 Å². The molecule has 2 N–H and O–H groups in total. The molecule has 2 unspecified atom stereocenters. The number of hydrogen-bond donors (Lipinski definition) is 2. The number of esters is 1. The maximum atomic E-state index is 12.7. The molecular weight excluding hydrogens is 282 g/mol. The summed E-state index contributed by atoms with van der Waals surface area (Å²) in [4.78, 5) is 24.5. The highest BCUT2D eigenvalue weighted by Crippen LogP contribution is 2.62. The van der Waals surface area contributed by atoms with Crippen LogP contribution < -0.4 is 5.32 Å². The van der Waals surface area contributed by atoms with Gasteiger partial charge in [-0.2, -0.15) is 0 Å². The highest BCUT2D eigenvalue weighted by molar-refractivity contribution is 5.85. The van der Waals surface area contributed by atoms with Crippen molar-refractivity contribution in [2.24, 2.45) is 17.3 Å². The van der Waals surface area contributed by atoms with Crippen LogP contribution >= 0.6 is 0 Å². The molecule has 4 rings (SSSR count). The molecule has 0 aromatic rings. The second-order valence-corrected chi connectivity index (χ2v) is 7.55. The molecule has 4 aliphatic carbocycles. The molecule has 4 bridgehead atoms. The van der Waals surface area contributed by atoms with Crippen molar-refractivity contribution in [2.75, 3.05) is 6.54 Å². The Morgan fingerprint density at radius 2 is 2.00 bits per heavy atom. The molecule has 1 amide bonds. The molecule has 4 fully saturated rings. The quantitative estimate of drug-likeness (QED) is 0.597. The van der Waals surface area contributed by atoms with E-state index in [-0.39, 0.29) is 11.9 Å². The van der Waals surface area contributed by atoms with E-state index in [1.165, 1.54) is 0 Å². The van der Waals surface area contributed by atoms with Crippen molar-refractivity contribution in [3.05, 3.63) is 12.7 Å². The molecule has 0 saturated heterocycles. The summed E-state index contributed by atoms with van der Waals surface area (Å²) < 4.78 is 5.44. The fourth-order valence-electron chi connectivity index (χ4n) is 5.11. The van der Waals surface area contributed by atoms with Crippen molar-refractivity contribution in [3.8, 4) is 0 Å². The zero-order valence-corrected chi connectivity index (χ0v) is 13.1. The highest BCUT2D eigenvalue weighted by Gasteiger charge is 2.61. The zero-order valence-electron chi connectivity index (χ0n) is 13.1. The number of ether oxygens (including phenoxy) is 1. The third-order valence-corrected chi connectivity index (χ3v) is 5.54. The van der Waals surface area contributed by atoms with Crippen LogP contribution in [0.2, 0.25) is 0 Å². The Morgan fingerprint density at radius 1 is 1.36 bits per heavy atom. The summed E-state index contributed by atoms with van der Waals surface area (Å²) in [5.41, 5.74) is -1.27. The average Bonchev–Trinajstić information content (AvgIpc) is 2.41. The second kappa shape index (κ2) is 5.37. The first kappa shape index (κ1) is 15.5. The van der Waals surface area contributed by atoms with E-state index >= 15 is 0 Å². The Bertz CT molecular complexity index is 487. The van der Waals surface area contributed by atoms with E-state index in [2.05, 4.69) is 11.9 Å². The van der Waals surface area contributed by atoms with Crippen LogP contribution in [-0.2, 0) is 14.3 Å². The Labute approximate surface area is 131 Å². The second-order valence-electron chi connectivity index (χ2n) is 7.55. The van der Waals surface area contributed by atoms with Crippen LogP contribution in [-0.4, -0.2) is 35.2 Å². The maximum Gasteiger partial charge on any atom is 0.312 e. The smallest absolute Gasteiger partial charge is 0.312 e. The fourth-order valence-corrected chi connectivity index (χ4v) is 5.11. The van der Waals surface area contributed by atoms with E-state index in [0.717, 1.165) is 32.1 Å². The van der Waals surface area contributed by atoms with Crippen molar-refractivity contribution in [3.63, 3.8) is 0 Å². The third kappa shape index (κ3) is 2.67. The SMILES string of the molecule is C=CCNC(=O)[C@H](C)OC(=O)C12C[C@@H]3C[C@@H](CC(O)(C3)C1)C2. The monoisotopic (exact) mass is 307 g/mol. The molecule has 4 aliphatic rings. The zero-order chi connectivity index (χ0) is 16.0. The summed E-state index contributed by atoms with van der Waals surface area (Å²) in [5, 5.41) is 13.3. The van der Waals surface area contributed by atoms with Crippen molar-refractivity contribution in [2.45, 2.75) is 57.2 Å². The van der Waals surface area contributed by atoms with Gasteiger partial charge in [0.25, 0.3) is 5.91 Å². The Hall–Kier alpha value is -1.36. The topological polar surface area (TPSA) is 75.6 Å². The number of amides is 1. The maximum absolute atomic E-state index is 12.7. The minimum atomic E-state index is -0.810. The molecule has 0 aromatic carbocycles. The van der Waals surface area contributed by atoms with Gasteiger partial charge in [0.05, 0.1) is 11.0 Å². The van der Waals surface area contributed by atoms with Gasteiger partial charge in [0, 0.05) is 6.54 Å². The fraction of sp³-hybridized carbons (Fsp3) is 0.765. The normalized spacial score (nSPS) is 40.1. The van der Waals surface area contributed by atoms with Crippen LogP contribution in [0.1, 0.15) is 45.4 Å². The predicted molar refractivity (Wildman–Crippen MR) is 80.8 cm³/mol. The van der Waals surface area contributed by atoms with Gasteiger partial charge in [-0.25, -0.2) is 0 Å². The molecule has 4 saturated carbocycles. The lowest BCUT2D eigenvalue weighted by molar-refractivity contribution is -0.199. The number of carbonyl (C=O) groups excluding carboxylic acids is 2. The van der Waals surface area contributed by atoms with E-state index in [4.69, 9.17) is 4.74 Å². The summed E-state index contributed by atoms with van der Waals surface area (Å²) in [5.74, 6) is 0.227. The minimum absolute atomic E-state index is 0.304. The molecular formula is C17H25NO4. The summed E-state index contributed by atoms with van der Waals surface area (Å²) in [6, 6.07) is 0. The standard InChI is InChI=1S/C17H25NO4/c1-3-4-18-14(19)11(2)22-15(20)16-6-12-5-13(7-16)9-17(21,8-12)10-16/h3,11-13,21H,1,4-10H2,2H3,(H,18,19)/t11-,12-,13+,16?,17?/m0/s1. The van der Waals surface area contributed by atoms with Gasteiger partial charge in [-0.05, 0) is 57.3 Å². The van der Waals surface area contributed by atoms with Crippen LogP contribution in [0.4, 0.5) is 0 Å². The Balaban J connectivity index is 1.67. The Morgan fingerprint density at radius 3 is 2.55 bits per heavy atom. The molecule has 0 radical (unpaired) electrons. The lowest BCUT2D eigenvalue weighted by atomic mass is 9.48. The predicted octanol–water partition coefficient (Wildman–Crippen LogP) is 1.55. The minimum Gasteiger partial charge on any atom is -0.452 e. The van der Waals surface area contributed by atoms with Crippen molar-refractivity contribution < 1.29 is 19.4 Å². The average molecular weight is 307 g/mol. The van der Waals surface area contributed by atoms with E-state index in [9.17, 15) is 14.7 Å². The van der Waals surface area contributed by atoms with E-state index in [1.54, 1.807) is 13.0 Å². The third-order valence-electron chi connectivity index (χ3n) is 5.54. The lowest BCUT2D eigenvalue weighted by Crippen LogP contribution is -2.59. The molecule has 122 valence electrons. The van der Waals surface area contributed by atoms with Gasteiger partial charge >= 0.3 is 5.97 Å². The van der Waals surface area contributed by atoms with Crippen molar-refractivity contribution >= 4 is 11.9 Å². The summed E-state index contributed by atoms with van der Waals surface area (Å²) in [7, 11) is 0. The van der Waals surface area contributed by atoms with Gasteiger partial charge in [0.1, 0.15) is 0 Å². The first-order valence-corrected chi connectivity index (χ1v) is 8.18. The van der Waals surface area contributed by atoms with Crippen molar-refractivity contribution in [1.29, 1.82) is 0 Å². The Kier molecular flexibility index (Phi) is 3.79. The summed E-state index contributed by atoms with van der Waals surface area (Å²) in [6.45, 7) is 5.48. The summed E-state index contributed by atoms with van der Waals surface area (Å²) in [6.07, 6.45) is 5.61. The van der Waals surface area contributed by atoms with Crippen LogP contribution in [0, 0.1) is 17.3 Å². The number of carbonyl (C=O) groups is 2. The molecule has 0 aliphatic heterocycles. The molecule has 0 spiro atoms. The van der Waals surface area contributed by atoms with Crippen LogP contribution in [0.15, 0.2) is 12.7 Å². The van der Waals surface area contributed by atoms with Crippen molar-refractivity contribution in [1.82, 2.24) is 5.32 Å². The van der Waals surface area contributed by atoms with E-state index in [1.807, 2.05) is 0 Å². The van der Waals surface area contributed by atoms with Gasteiger partial charge in [-0.15, -0.1) is 6.58 Å². The molecule has 0 aromatic heterocycles. The van der Waals surface area contributed by atoms with Gasteiger partial charge in [-0.1, -0.05) is 6.08 Å². The molecule has 0 heterocycles. The lowest BCUT2D eigenvalue weighted by Gasteiger charge is -2.58. The number of rotatable bonds is 5. The van der Waals surface area contributed by atoms with Gasteiger partial charge in [0.2, 0.25) is 0 Å². The van der Waals surface area contributed by atoms with Gasteiger partial charge in [-0.3, -0.25) is 9.59 Å². The molecule has 22 heavy (non-hydrogen) atoms. The molecule has 5 atom stereocenters. The molecule has 5 nitrogen and oxygen atoms in total. The first-order valence-electron chi connectivity index (χ1n) is 8.18. The van der Waals surface area contributed by atoms with Crippen LogP contribution in [0.5, 0.6) is 0 Å². The number of hydrogen-bond acceptors (Lipinski definition) is 4. The van der Waals surface area contributed by atoms with Gasteiger partial charge in [0.15, 0.2) is 6.10 Å². The number of aliphatic hydroxyl groups is 1. The largest absolute Gasteiger partial charge is 0.452 e. The van der Waals surface area contributed by atoms with E-state index in [0.29, 0.717) is 24.8 Å². The van der Waals surface area contributed by atoms with Crippen LogP contribution in [0.3, 0.4) is 0 Å². The number of nitrogens with one attached hydrogen (secondary N) is 1. The summed E-state index contributed by atoms with van der Waals surface area (Å²) >= 11 is 0. The highest BCUT2D eigenvalue weighted by atomic mass is 16.5. The molecule has 5 heteroatoms. The van der Waals surface area contributed by atoms with Crippen LogP contribution in [0.25, 0.3) is 0 Å². The van der Waals surface area contributed by atoms with Gasteiger partial charge < -0.3 is 15.2 Å².